The van der Waals surface area contributed by atoms with Crippen LogP contribution in [-0.2, 0) is 14.4 Å². The molecule has 3 amide bonds. The van der Waals surface area contributed by atoms with Gasteiger partial charge in [0.15, 0.2) is 0 Å². The van der Waals surface area contributed by atoms with Crippen LogP contribution in [0.15, 0.2) is 12.2 Å². The van der Waals surface area contributed by atoms with E-state index >= 15 is 0 Å². The van der Waals surface area contributed by atoms with Crippen molar-refractivity contribution >= 4 is 17.7 Å². The summed E-state index contributed by atoms with van der Waals surface area (Å²) in [6.07, 6.45) is 7.18. The van der Waals surface area contributed by atoms with Crippen molar-refractivity contribution in [3.63, 3.8) is 0 Å². The zero-order chi connectivity index (χ0) is 15.0. The number of likely N-dealkylation sites (tertiary alicyclic amines) is 2. The number of hydrogen-bond donors (Lipinski definition) is 0. The summed E-state index contributed by atoms with van der Waals surface area (Å²) in [5.74, 6) is -0.234. The molecule has 2 saturated heterocycles. The zero-order valence-electron chi connectivity index (χ0n) is 12.5. The van der Waals surface area contributed by atoms with Crippen LogP contribution in [0, 0.1) is 17.8 Å². The molecule has 0 aromatic carbocycles. The minimum Gasteiger partial charge on any atom is -0.341 e. The summed E-state index contributed by atoms with van der Waals surface area (Å²) in [5.41, 5.74) is 0. The molecule has 0 N–H and O–H groups in total. The lowest BCUT2D eigenvalue weighted by Crippen LogP contribution is -2.45. The molecule has 0 bridgehead atoms. The van der Waals surface area contributed by atoms with Crippen molar-refractivity contribution in [2.45, 2.75) is 32.6 Å². The van der Waals surface area contributed by atoms with E-state index in [1.165, 1.54) is 4.90 Å². The van der Waals surface area contributed by atoms with Gasteiger partial charge in [-0.05, 0) is 31.6 Å². The Morgan fingerprint density at radius 1 is 1.10 bits per heavy atom. The van der Waals surface area contributed by atoms with Gasteiger partial charge in [-0.2, -0.15) is 0 Å². The van der Waals surface area contributed by atoms with Gasteiger partial charge in [-0.25, -0.2) is 0 Å². The maximum absolute atomic E-state index is 12.3. The van der Waals surface area contributed by atoms with Gasteiger partial charge in [-0.3, -0.25) is 19.3 Å². The molecule has 0 radical (unpaired) electrons. The molecule has 5 nitrogen and oxygen atoms in total. The van der Waals surface area contributed by atoms with Crippen LogP contribution in [-0.4, -0.2) is 47.2 Å². The quantitative estimate of drug-likeness (QED) is 0.567. The Hall–Kier alpha value is -1.65. The summed E-state index contributed by atoms with van der Waals surface area (Å²) in [7, 11) is 0. The van der Waals surface area contributed by atoms with Gasteiger partial charge in [0.25, 0.3) is 0 Å². The van der Waals surface area contributed by atoms with Gasteiger partial charge in [0, 0.05) is 13.1 Å². The van der Waals surface area contributed by atoms with Gasteiger partial charge in [-0.15, -0.1) is 0 Å². The number of carbonyl (C=O) groups is 3. The SMILES string of the molecule is CC1CCN(C(=O)CN2C(=O)C3CC=CCC3C2=O)CC1. The Labute approximate surface area is 125 Å². The lowest BCUT2D eigenvalue weighted by molar-refractivity contribution is -0.147. The van der Waals surface area contributed by atoms with E-state index < -0.39 is 0 Å². The zero-order valence-corrected chi connectivity index (χ0v) is 12.5. The van der Waals surface area contributed by atoms with Crippen LogP contribution in [0.1, 0.15) is 32.6 Å². The predicted molar refractivity (Wildman–Crippen MR) is 77.1 cm³/mol. The first-order valence-corrected chi connectivity index (χ1v) is 7.86. The van der Waals surface area contributed by atoms with E-state index in [0.29, 0.717) is 18.8 Å². The van der Waals surface area contributed by atoms with Gasteiger partial charge in [0.1, 0.15) is 6.54 Å². The molecule has 3 rings (SSSR count). The summed E-state index contributed by atoms with van der Waals surface area (Å²) in [6, 6.07) is 0. The minimum absolute atomic E-state index is 0.0704. The maximum Gasteiger partial charge on any atom is 0.242 e. The third-order valence-corrected chi connectivity index (χ3v) is 5.03. The molecule has 0 aromatic heterocycles. The van der Waals surface area contributed by atoms with Crippen LogP contribution in [0.2, 0.25) is 0 Å². The molecule has 2 fully saturated rings. The van der Waals surface area contributed by atoms with Crippen molar-refractivity contribution in [3.8, 4) is 0 Å². The molecule has 2 unspecified atom stereocenters. The predicted octanol–water partition coefficient (Wildman–Crippen LogP) is 1.20. The van der Waals surface area contributed by atoms with E-state index in [-0.39, 0.29) is 36.1 Å². The highest BCUT2D eigenvalue weighted by atomic mass is 16.2. The van der Waals surface area contributed by atoms with Gasteiger partial charge in [0.2, 0.25) is 17.7 Å². The van der Waals surface area contributed by atoms with Gasteiger partial charge in [-0.1, -0.05) is 19.1 Å². The fourth-order valence-corrected chi connectivity index (χ4v) is 3.52. The molecule has 0 spiro atoms. The third-order valence-electron chi connectivity index (χ3n) is 5.03. The molecule has 5 heteroatoms. The molecule has 1 aliphatic carbocycles. The van der Waals surface area contributed by atoms with Crippen molar-refractivity contribution in [1.29, 1.82) is 0 Å². The number of allylic oxidation sites excluding steroid dienone is 2. The van der Waals surface area contributed by atoms with Crippen molar-refractivity contribution in [2.75, 3.05) is 19.6 Å². The molecule has 2 aliphatic heterocycles. The van der Waals surface area contributed by atoms with Crippen LogP contribution in [0.5, 0.6) is 0 Å². The standard InChI is InChI=1S/C16H22N2O3/c1-11-6-8-17(9-7-11)14(19)10-18-15(20)12-4-2-3-5-13(12)16(18)21/h2-3,11-13H,4-10H2,1H3. The monoisotopic (exact) mass is 290 g/mol. The fraction of sp³-hybridized carbons (Fsp3) is 0.688. The average molecular weight is 290 g/mol. The van der Waals surface area contributed by atoms with Gasteiger partial charge < -0.3 is 4.90 Å². The fourth-order valence-electron chi connectivity index (χ4n) is 3.52. The number of rotatable bonds is 2. The Kier molecular flexibility index (Phi) is 3.83. The molecular formula is C16H22N2O3. The average Bonchev–Trinajstić information content (AvgIpc) is 2.73. The minimum atomic E-state index is -0.239. The van der Waals surface area contributed by atoms with E-state index in [1.807, 2.05) is 12.2 Å². The van der Waals surface area contributed by atoms with Crippen LogP contribution >= 0.6 is 0 Å². The van der Waals surface area contributed by atoms with Crippen LogP contribution in [0.3, 0.4) is 0 Å². The second-order valence-electron chi connectivity index (χ2n) is 6.48. The van der Waals surface area contributed by atoms with E-state index in [0.717, 1.165) is 25.9 Å². The highest BCUT2D eigenvalue weighted by molar-refractivity contribution is 6.07. The second-order valence-corrected chi connectivity index (χ2v) is 6.48. The highest BCUT2D eigenvalue weighted by Gasteiger charge is 2.47. The number of piperidine rings is 1. The topological polar surface area (TPSA) is 57.7 Å². The van der Waals surface area contributed by atoms with Crippen molar-refractivity contribution in [1.82, 2.24) is 9.80 Å². The molecular weight excluding hydrogens is 268 g/mol. The normalized spacial score (nSPS) is 30.0. The Morgan fingerprint density at radius 3 is 2.14 bits per heavy atom. The molecule has 0 aromatic rings. The first-order chi connectivity index (χ1) is 10.1. The Morgan fingerprint density at radius 2 is 1.62 bits per heavy atom. The van der Waals surface area contributed by atoms with Crippen molar-refractivity contribution < 1.29 is 14.4 Å². The maximum atomic E-state index is 12.3. The molecule has 2 atom stereocenters. The summed E-state index contributed by atoms with van der Waals surface area (Å²) < 4.78 is 0. The lowest BCUT2D eigenvalue weighted by atomic mass is 9.85. The largest absolute Gasteiger partial charge is 0.341 e. The number of nitrogens with zero attached hydrogens (tertiary/aromatic N) is 2. The molecule has 3 aliphatic rings. The summed E-state index contributed by atoms with van der Waals surface area (Å²) in [6.45, 7) is 3.60. The Bertz CT molecular complexity index is 466. The van der Waals surface area contributed by atoms with E-state index in [4.69, 9.17) is 0 Å². The molecule has 21 heavy (non-hydrogen) atoms. The highest BCUT2D eigenvalue weighted by Crippen LogP contribution is 2.35. The molecule has 114 valence electrons. The summed E-state index contributed by atoms with van der Waals surface area (Å²) in [4.78, 5) is 40.0. The third kappa shape index (κ3) is 2.61. The number of carbonyl (C=O) groups excluding carboxylic acids is 3. The van der Waals surface area contributed by atoms with E-state index in [2.05, 4.69) is 6.92 Å². The molecule has 2 heterocycles. The second kappa shape index (κ2) is 5.62. The van der Waals surface area contributed by atoms with Crippen LogP contribution < -0.4 is 0 Å². The van der Waals surface area contributed by atoms with Crippen molar-refractivity contribution in [2.24, 2.45) is 17.8 Å². The van der Waals surface area contributed by atoms with Crippen molar-refractivity contribution in [3.05, 3.63) is 12.2 Å². The summed E-state index contributed by atoms with van der Waals surface area (Å²) in [5, 5.41) is 0. The lowest BCUT2D eigenvalue weighted by Gasteiger charge is -2.31. The number of fused-ring (bicyclic) bond motifs is 1. The first-order valence-electron chi connectivity index (χ1n) is 7.86. The molecule has 0 saturated carbocycles. The van der Waals surface area contributed by atoms with Gasteiger partial charge in [0.05, 0.1) is 11.8 Å². The number of amides is 3. The number of hydrogen-bond acceptors (Lipinski definition) is 3. The van der Waals surface area contributed by atoms with Gasteiger partial charge >= 0.3 is 0 Å². The summed E-state index contributed by atoms with van der Waals surface area (Å²) >= 11 is 0. The van der Waals surface area contributed by atoms with Crippen LogP contribution in [0.25, 0.3) is 0 Å². The number of imide groups is 1. The van der Waals surface area contributed by atoms with Crippen LogP contribution in [0.4, 0.5) is 0 Å². The first kappa shape index (κ1) is 14.3. The Balaban J connectivity index is 1.64. The van der Waals surface area contributed by atoms with E-state index in [9.17, 15) is 14.4 Å². The van der Waals surface area contributed by atoms with E-state index in [1.54, 1.807) is 4.90 Å². The smallest absolute Gasteiger partial charge is 0.242 e.